The summed E-state index contributed by atoms with van der Waals surface area (Å²) in [6, 6.07) is 15.6. The Kier molecular flexibility index (Phi) is 12.0. The normalized spacial score (nSPS) is 12.8. The number of sulfonamides is 1. The van der Waals surface area contributed by atoms with Gasteiger partial charge >= 0.3 is 0 Å². The SMILES string of the molecule is CN=C(NCc1cccc(CS(=O)(=O)NC)c1)NC(C)c1ccc(OCC(C)C)cc1.I. The Labute approximate surface area is 209 Å². The van der Waals surface area contributed by atoms with Gasteiger partial charge in [-0.1, -0.05) is 50.2 Å². The highest BCUT2D eigenvalue weighted by Gasteiger charge is 2.10. The molecule has 178 valence electrons. The minimum absolute atomic E-state index is 0. The first-order valence-electron chi connectivity index (χ1n) is 10.4. The molecule has 1 unspecified atom stereocenters. The van der Waals surface area contributed by atoms with Crippen molar-refractivity contribution < 1.29 is 13.2 Å². The Hall–Kier alpha value is -1.85. The largest absolute Gasteiger partial charge is 0.493 e. The third-order valence-electron chi connectivity index (χ3n) is 4.66. The Bertz CT molecular complexity index is 963. The van der Waals surface area contributed by atoms with E-state index in [9.17, 15) is 8.42 Å². The van der Waals surface area contributed by atoms with E-state index in [2.05, 4.69) is 41.1 Å². The number of aliphatic imine (C=N–C) groups is 1. The van der Waals surface area contributed by atoms with Crippen LogP contribution in [-0.2, 0) is 22.3 Å². The smallest absolute Gasteiger partial charge is 0.215 e. The molecule has 2 aromatic rings. The summed E-state index contributed by atoms with van der Waals surface area (Å²) in [5.74, 6) is 1.98. The highest BCUT2D eigenvalue weighted by molar-refractivity contribution is 14.0. The highest BCUT2D eigenvalue weighted by Crippen LogP contribution is 2.18. The molecule has 9 heteroatoms. The van der Waals surface area contributed by atoms with Gasteiger partial charge < -0.3 is 15.4 Å². The van der Waals surface area contributed by atoms with Gasteiger partial charge in [0.05, 0.1) is 18.4 Å². The van der Waals surface area contributed by atoms with Crippen LogP contribution in [0.2, 0.25) is 0 Å². The first-order chi connectivity index (χ1) is 14.7. The van der Waals surface area contributed by atoms with Crippen molar-refractivity contribution in [2.24, 2.45) is 10.9 Å². The number of rotatable bonds is 10. The van der Waals surface area contributed by atoms with Crippen LogP contribution in [0.15, 0.2) is 53.5 Å². The first-order valence-corrected chi connectivity index (χ1v) is 12.1. The van der Waals surface area contributed by atoms with Crippen molar-refractivity contribution in [2.45, 2.75) is 39.1 Å². The van der Waals surface area contributed by atoms with Gasteiger partial charge in [0.2, 0.25) is 10.0 Å². The Morgan fingerprint density at radius 1 is 1.06 bits per heavy atom. The average molecular weight is 575 g/mol. The lowest BCUT2D eigenvalue weighted by Gasteiger charge is -2.19. The fourth-order valence-electron chi connectivity index (χ4n) is 2.91. The minimum Gasteiger partial charge on any atom is -0.493 e. The number of ether oxygens (including phenoxy) is 1. The first kappa shape index (κ1) is 28.2. The zero-order valence-electron chi connectivity index (χ0n) is 19.4. The van der Waals surface area contributed by atoms with Gasteiger partial charge in [-0.3, -0.25) is 4.99 Å². The summed E-state index contributed by atoms with van der Waals surface area (Å²) < 4.78 is 31.6. The summed E-state index contributed by atoms with van der Waals surface area (Å²) in [5, 5.41) is 6.66. The number of nitrogens with zero attached hydrogens (tertiary/aromatic N) is 1. The number of nitrogens with one attached hydrogen (secondary N) is 3. The molecule has 0 bridgehead atoms. The Balaban J connectivity index is 0.00000512. The third kappa shape index (κ3) is 9.74. The van der Waals surface area contributed by atoms with E-state index in [1.807, 2.05) is 48.5 Å². The summed E-state index contributed by atoms with van der Waals surface area (Å²) in [4.78, 5) is 4.29. The third-order valence-corrected chi connectivity index (χ3v) is 5.99. The molecule has 32 heavy (non-hydrogen) atoms. The van der Waals surface area contributed by atoms with Crippen LogP contribution in [0.1, 0.15) is 43.5 Å². The lowest BCUT2D eigenvalue weighted by atomic mass is 10.1. The van der Waals surface area contributed by atoms with Crippen LogP contribution in [0.25, 0.3) is 0 Å². The highest BCUT2D eigenvalue weighted by atomic mass is 127. The van der Waals surface area contributed by atoms with Gasteiger partial charge in [-0.05, 0) is 48.7 Å². The van der Waals surface area contributed by atoms with Crippen LogP contribution in [0, 0.1) is 5.92 Å². The van der Waals surface area contributed by atoms with E-state index < -0.39 is 10.0 Å². The second kappa shape index (κ2) is 13.6. The second-order valence-electron chi connectivity index (χ2n) is 7.85. The van der Waals surface area contributed by atoms with Gasteiger partial charge in [-0.25, -0.2) is 13.1 Å². The number of benzene rings is 2. The van der Waals surface area contributed by atoms with Crippen LogP contribution < -0.4 is 20.1 Å². The van der Waals surface area contributed by atoms with E-state index in [0.717, 1.165) is 22.4 Å². The van der Waals surface area contributed by atoms with E-state index in [1.165, 1.54) is 7.05 Å². The van der Waals surface area contributed by atoms with Crippen molar-refractivity contribution >= 4 is 40.0 Å². The number of guanidine groups is 1. The van der Waals surface area contributed by atoms with E-state index in [-0.39, 0.29) is 35.8 Å². The molecule has 0 aliphatic carbocycles. The maximum atomic E-state index is 11.8. The average Bonchev–Trinajstić information content (AvgIpc) is 2.75. The molecule has 0 fully saturated rings. The standard InChI is InChI=1S/C23H34N4O3S.HI/c1-17(2)15-30-22-11-9-21(10-12-22)18(3)27-23(24-4)26-14-19-7-6-8-20(13-19)16-31(28,29)25-5;/h6-13,17-18,25H,14-16H2,1-5H3,(H2,24,26,27);1H. The molecule has 0 saturated heterocycles. The molecular formula is C23H35IN4O3S. The molecule has 0 aromatic heterocycles. The van der Waals surface area contributed by atoms with Gasteiger partial charge in [0.15, 0.2) is 5.96 Å². The second-order valence-corrected chi connectivity index (χ2v) is 9.78. The predicted molar refractivity (Wildman–Crippen MR) is 142 cm³/mol. The summed E-state index contributed by atoms with van der Waals surface area (Å²) >= 11 is 0. The van der Waals surface area contributed by atoms with Crippen LogP contribution in [-0.4, -0.2) is 35.1 Å². The van der Waals surface area contributed by atoms with Gasteiger partial charge in [-0.15, -0.1) is 24.0 Å². The van der Waals surface area contributed by atoms with Gasteiger partial charge in [0.25, 0.3) is 0 Å². The van der Waals surface area contributed by atoms with Crippen molar-refractivity contribution in [1.82, 2.24) is 15.4 Å². The fourth-order valence-corrected chi connectivity index (χ4v) is 3.67. The summed E-state index contributed by atoms with van der Waals surface area (Å²) in [5.41, 5.74) is 2.84. The molecule has 0 aliphatic rings. The lowest BCUT2D eigenvalue weighted by Crippen LogP contribution is -2.38. The monoisotopic (exact) mass is 574 g/mol. The Morgan fingerprint density at radius 3 is 2.31 bits per heavy atom. The van der Waals surface area contributed by atoms with Gasteiger partial charge in [0.1, 0.15) is 5.75 Å². The van der Waals surface area contributed by atoms with Crippen LogP contribution >= 0.6 is 24.0 Å². The molecule has 0 spiro atoms. The van der Waals surface area contributed by atoms with Crippen molar-refractivity contribution in [1.29, 1.82) is 0 Å². The van der Waals surface area contributed by atoms with E-state index >= 15 is 0 Å². The summed E-state index contributed by atoms with van der Waals surface area (Å²) in [7, 11) is -0.155. The molecule has 7 nitrogen and oxygen atoms in total. The maximum absolute atomic E-state index is 11.8. The van der Waals surface area contributed by atoms with Crippen molar-refractivity contribution in [3.05, 3.63) is 65.2 Å². The minimum atomic E-state index is -3.30. The molecule has 0 saturated carbocycles. The topological polar surface area (TPSA) is 91.8 Å². The summed E-state index contributed by atoms with van der Waals surface area (Å²) in [6.07, 6.45) is 0. The molecular weight excluding hydrogens is 539 g/mol. The van der Waals surface area contributed by atoms with Crippen LogP contribution in [0.3, 0.4) is 0 Å². The molecule has 0 aliphatic heterocycles. The molecule has 2 aromatic carbocycles. The van der Waals surface area contributed by atoms with Crippen LogP contribution in [0.5, 0.6) is 5.75 Å². The van der Waals surface area contributed by atoms with Gasteiger partial charge in [-0.2, -0.15) is 0 Å². The van der Waals surface area contributed by atoms with Crippen molar-refractivity contribution in [3.63, 3.8) is 0 Å². The quantitative estimate of drug-likeness (QED) is 0.228. The molecule has 0 heterocycles. The predicted octanol–water partition coefficient (Wildman–Crippen LogP) is 3.81. The molecule has 0 radical (unpaired) electrons. The van der Waals surface area contributed by atoms with Crippen molar-refractivity contribution in [2.75, 3.05) is 20.7 Å². The lowest BCUT2D eigenvalue weighted by molar-refractivity contribution is 0.271. The molecule has 3 N–H and O–H groups in total. The van der Waals surface area contributed by atoms with Gasteiger partial charge in [0, 0.05) is 13.6 Å². The van der Waals surface area contributed by atoms with Crippen molar-refractivity contribution in [3.8, 4) is 5.75 Å². The zero-order valence-corrected chi connectivity index (χ0v) is 22.5. The maximum Gasteiger partial charge on any atom is 0.215 e. The van der Waals surface area contributed by atoms with Crippen LogP contribution in [0.4, 0.5) is 0 Å². The Morgan fingerprint density at radius 2 is 1.72 bits per heavy atom. The van der Waals surface area contributed by atoms with E-state index in [4.69, 9.17) is 4.74 Å². The molecule has 0 amide bonds. The zero-order chi connectivity index (χ0) is 22.9. The van der Waals surface area contributed by atoms with E-state index in [1.54, 1.807) is 7.05 Å². The summed E-state index contributed by atoms with van der Waals surface area (Å²) in [6.45, 7) is 7.55. The number of hydrogen-bond acceptors (Lipinski definition) is 4. The molecule has 2 rings (SSSR count). The van der Waals surface area contributed by atoms with E-state index in [0.29, 0.717) is 25.0 Å². The molecule has 1 atom stereocenters. The number of hydrogen-bond donors (Lipinski definition) is 3. The number of halogens is 1. The fraction of sp³-hybridized carbons (Fsp3) is 0.435.